The monoisotopic (exact) mass is 535 g/mol. The summed E-state index contributed by atoms with van der Waals surface area (Å²) < 4.78 is 16.1. The van der Waals surface area contributed by atoms with Crippen molar-refractivity contribution in [1.82, 2.24) is 9.78 Å². The average molecular weight is 536 g/mol. The molecular weight excluding hydrogens is 485 g/mol. The predicted octanol–water partition coefficient (Wildman–Crippen LogP) is 8.99. The van der Waals surface area contributed by atoms with Crippen LogP contribution in [-0.2, 0) is 6.54 Å². The summed E-state index contributed by atoms with van der Waals surface area (Å²) in [7, 11) is 3.45. The Morgan fingerprint density at radius 2 is 1.67 bits per heavy atom. The van der Waals surface area contributed by atoms with Gasteiger partial charge in [-0.25, -0.2) is 4.39 Å². The topological polar surface area (TPSA) is 68.2 Å². The maximum absolute atomic E-state index is 14.2. The molecule has 0 aliphatic heterocycles. The van der Waals surface area contributed by atoms with Crippen LogP contribution in [0.2, 0.25) is 0 Å². The van der Waals surface area contributed by atoms with Crippen LogP contribution in [0.25, 0.3) is 11.3 Å². The van der Waals surface area contributed by atoms with Crippen molar-refractivity contribution in [2.45, 2.75) is 61.9 Å². The van der Waals surface area contributed by atoms with Crippen LogP contribution >= 0.6 is 0 Å². The fraction of sp³-hybridized carbons (Fsp3) is 0.333. The van der Waals surface area contributed by atoms with Crippen LogP contribution in [0.1, 0.15) is 51.3 Å². The minimum absolute atomic E-state index is 0.320. The van der Waals surface area contributed by atoms with Crippen molar-refractivity contribution in [3.63, 3.8) is 0 Å². The molecular formula is C33H50FN5. The van der Waals surface area contributed by atoms with Crippen molar-refractivity contribution in [1.29, 1.82) is 0 Å². The summed E-state index contributed by atoms with van der Waals surface area (Å²) in [5.41, 5.74) is 12.3. The number of hydrogen-bond donors (Lipinski definition) is 2. The molecule has 0 saturated carbocycles. The zero-order valence-electron chi connectivity index (χ0n) is 25.8. The fourth-order valence-electron chi connectivity index (χ4n) is 3.38. The Morgan fingerprint density at radius 1 is 1.05 bits per heavy atom. The van der Waals surface area contributed by atoms with E-state index in [1.54, 1.807) is 31.5 Å². The second-order valence-corrected chi connectivity index (χ2v) is 8.11. The third-order valence-electron chi connectivity index (χ3n) is 4.99. The Bertz CT molecular complexity index is 1150. The van der Waals surface area contributed by atoms with Gasteiger partial charge in [0, 0.05) is 30.7 Å². The first-order valence-electron chi connectivity index (χ1n) is 13.2. The van der Waals surface area contributed by atoms with E-state index in [1.165, 1.54) is 29.9 Å². The first-order chi connectivity index (χ1) is 18.7. The first kappa shape index (κ1) is 37.4. The fourth-order valence-corrected chi connectivity index (χ4v) is 3.38. The van der Waals surface area contributed by atoms with Gasteiger partial charge in [0.05, 0.1) is 12.2 Å². The van der Waals surface area contributed by atoms with Gasteiger partial charge in [0.25, 0.3) is 0 Å². The molecule has 3 rings (SSSR count). The van der Waals surface area contributed by atoms with E-state index in [0.717, 1.165) is 22.4 Å². The lowest BCUT2D eigenvalue weighted by molar-refractivity contribution is 0.628. The lowest BCUT2D eigenvalue weighted by Gasteiger charge is -2.10. The minimum atomic E-state index is -0.320. The van der Waals surface area contributed by atoms with Crippen LogP contribution in [0.3, 0.4) is 0 Å². The van der Waals surface area contributed by atoms with Crippen molar-refractivity contribution < 1.29 is 4.39 Å². The summed E-state index contributed by atoms with van der Waals surface area (Å²) in [5, 5.41) is 7.46. The molecule has 1 heterocycles. The summed E-state index contributed by atoms with van der Waals surface area (Å²) in [6, 6.07) is 11.7. The van der Waals surface area contributed by atoms with Gasteiger partial charge in [-0.05, 0) is 89.5 Å². The molecule has 0 radical (unpaired) electrons. The largest absolute Gasteiger partial charge is 0.388 e. The summed E-state index contributed by atoms with van der Waals surface area (Å²) in [5.74, 6) is -0.320. The second-order valence-electron chi connectivity index (χ2n) is 8.11. The highest BCUT2D eigenvalue weighted by Crippen LogP contribution is 2.29. The van der Waals surface area contributed by atoms with E-state index in [1.807, 2.05) is 64.6 Å². The quantitative estimate of drug-likeness (QED) is 0.188. The normalized spacial score (nSPS) is 9.90. The number of hydrogen-bond acceptors (Lipinski definition) is 4. The molecule has 214 valence electrons. The van der Waals surface area contributed by atoms with Gasteiger partial charge in [0.15, 0.2) is 0 Å². The average Bonchev–Trinajstić information content (AvgIpc) is 3.39. The van der Waals surface area contributed by atoms with Crippen molar-refractivity contribution in [2.24, 2.45) is 10.7 Å². The summed E-state index contributed by atoms with van der Waals surface area (Å²) in [6.45, 7) is 23.4. The number of aromatic nitrogens is 2. The summed E-state index contributed by atoms with van der Waals surface area (Å²) in [4.78, 5) is 4.08. The van der Waals surface area contributed by atoms with E-state index in [9.17, 15) is 4.39 Å². The van der Waals surface area contributed by atoms with Crippen LogP contribution in [-0.4, -0.2) is 30.1 Å². The third-order valence-corrected chi connectivity index (χ3v) is 4.99. The number of nitrogens with one attached hydrogen (secondary N) is 1. The molecule has 0 unspecified atom stereocenters. The Morgan fingerprint density at radius 3 is 2.15 bits per heavy atom. The number of aliphatic imine (C=N–C) groups is 1. The van der Waals surface area contributed by atoms with Crippen LogP contribution < -0.4 is 11.1 Å². The van der Waals surface area contributed by atoms with Crippen molar-refractivity contribution >= 4 is 17.6 Å². The van der Waals surface area contributed by atoms with E-state index in [0.29, 0.717) is 12.2 Å². The van der Waals surface area contributed by atoms with E-state index in [4.69, 9.17) is 0 Å². The standard InChI is InChI=1S/C18H20FN3.C9H13N.C3H6.C2H6.CH5N/c1-5-7-13(3)12-22-17(8-9-21-22)15-10-14(4)18(20-6-2)16(19)11-15;1-7-4-5-8(2)9(6-7)10-3;1-3-2;2*1-2/h5-11H,1,12H2,2-4H3;4-6,10H,1-3H3;3H,1H2,2H3;1-2H3;2H2,1H3/b13-7+,20-6?;;;;. The highest BCUT2D eigenvalue weighted by atomic mass is 19.1. The van der Waals surface area contributed by atoms with Crippen molar-refractivity contribution in [3.05, 3.63) is 102 Å². The third kappa shape index (κ3) is 13.5. The van der Waals surface area contributed by atoms with Gasteiger partial charge >= 0.3 is 0 Å². The number of nitrogens with two attached hydrogens (primary N) is 1. The molecule has 0 saturated heterocycles. The number of rotatable bonds is 6. The van der Waals surface area contributed by atoms with Crippen LogP contribution in [0.5, 0.6) is 0 Å². The van der Waals surface area contributed by atoms with Gasteiger partial charge < -0.3 is 11.1 Å². The Kier molecular flexibility index (Phi) is 21.3. The Balaban J connectivity index is 0. The van der Waals surface area contributed by atoms with Gasteiger partial charge in [-0.2, -0.15) is 5.10 Å². The molecule has 0 aliphatic rings. The number of aryl methyl sites for hydroxylation is 3. The maximum atomic E-state index is 14.2. The molecule has 3 N–H and O–H groups in total. The minimum Gasteiger partial charge on any atom is -0.388 e. The molecule has 2 aromatic carbocycles. The van der Waals surface area contributed by atoms with Gasteiger partial charge in [-0.15, -0.1) is 6.58 Å². The van der Waals surface area contributed by atoms with Crippen LogP contribution in [0.4, 0.5) is 15.8 Å². The van der Waals surface area contributed by atoms with E-state index in [2.05, 4.69) is 66.3 Å². The van der Waals surface area contributed by atoms with Crippen LogP contribution in [0, 0.1) is 26.6 Å². The van der Waals surface area contributed by atoms with E-state index in [-0.39, 0.29) is 5.82 Å². The number of nitrogens with zero attached hydrogens (tertiary/aromatic N) is 3. The zero-order chi connectivity index (χ0) is 30.4. The molecule has 0 bridgehead atoms. The Hall–Kier alpha value is -3.77. The molecule has 0 fully saturated rings. The SMILES string of the molecule is C=C/C=C(\C)Cn1nccc1-c1cc(C)c(N=CC)c(F)c1.C=CC.CC.CN.CNc1cc(C)ccc1C. The number of anilines is 1. The van der Waals surface area contributed by atoms with Gasteiger partial charge in [0.2, 0.25) is 0 Å². The molecule has 39 heavy (non-hydrogen) atoms. The van der Waals surface area contributed by atoms with E-state index < -0.39 is 0 Å². The van der Waals surface area contributed by atoms with Crippen molar-refractivity contribution in [3.8, 4) is 11.3 Å². The molecule has 0 aliphatic carbocycles. The lowest BCUT2D eigenvalue weighted by Crippen LogP contribution is -2.03. The molecule has 3 aromatic rings. The van der Waals surface area contributed by atoms with E-state index >= 15 is 0 Å². The second kappa shape index (κ2) is 22.2. The van der Waals surface area contributed by atoms with Gasteiger partial charge in [-0.3, -0.25) is 9.67 Å². The number of allylic oxidation sites excluding steroid dienone is 4. The molecule has 5 nitrogen and oxygen atoms in total. The lowest BCUT2D eigenvalue weighted by atomic mass is 10.1. The highest BCUT2D eigenvalue weighted by molar-refractivity contribution is 5.68. The summed E-state index contributed by atoms with van der Waals surface area (Å²) >= 11 is 0. The predicted molar refractivity (Wildman–Crippen MR) is 173 cm³/mol. The molecule has 1 aromatic heterocycles. The van der Waals surface area contributed by atoms with Gasteiger partial charge in [-0.1, -0.05) is 56.4 Å². The number of halogens is 1. The molecule has 0 atom stereocenters. The van der Waals surface area contributed by atoms with Crippen LogP contribution in [0.15, 0.2) is 84.5 Å². The maximum Gasteiger partial charge on any atom is 0.149 e. The first-order valence-corrected chi connectivity index (χ1v) is 13.2. The zero-order valence-corrected chi connectivity index (χ0v) is 25.8. The smallest absolute Gasteiger partial charge is 0.149 e. The molecule has 0 amide bonds. The Labute approximate surface area is 237 Å². The highest BCUT2D eigenvalue weighted by Gasteiger charge is 2.12. The molecule has 6 heteroatoms. The molecule has 0 spiro atoms. The van der Waals surface area contributed by atoms with Crippen molar-refractivity contribution in [2.75, 3.05) is 19.4 Å². The summed E-state index contributed by atoms with van der Waals surface area (Å²) in [6.07, 6.45) is 8.76. The van der Waals surface area contributed by atoms with Gasteiger partial charge in [0.1, 0.15) is 11.5 Å². The number of benzene rings is 2.